The first-order valence-corrected chi connectivity index (χ1v) is 5.19. The van der Waals surface area contributed by atoms with E-state index in [1.54, 1.807) is 44.2 Å². The summed E-state index contributed by atoms with van der Waals surface area (Å²) in [4.78, 5) is 12.6. The Morgan fingerprint density at radius 1 is 1.35 bits per heavy atom. The molecule has 0 fully saturated rings. The number of likely N-dealkylation sites (N-methyl/N-ethyl adjacent to an activating group) is 1. The second-order valence-corrected chi connectivity index (χ2v) is 3.66. The van der Waals surface area contributed by atoms with Crippen LogP contribution in [0, 0.1) is 0 Å². The molecule has 1 aromatic rings. The van der Waals surface area contributed by atoms with Crippen molar-refractivity contribution in [2.45, 2.75) is 13.0 Å². The van der Waals surface area contributed by atoms with Gasteiger partial charge in [0, 0.05) is 13.1 Å². The molecule has 0 radical (unpaired) electrons. The Kier molecular flexibility index (Phi) is 4.20. The van der Waals surface area contributed by atoms with E-state index < -0.39 is 12.0 Å². The van der Waals surface area contributed by atoms with Crippen molar-refractivity contribution >= 4 is 11.7 Å². The van der Waals surface area contributed by atoms with Crippen LogP contribution in [0.4, 0.5) is 5.69 Å². The van der Waals surface area contributed by atoms with Gasteiger partial charge in [-0.15, -0.1) is 0 Å². The molecule has 1 unspecified atom stereocenters. The average molecular weight is 239 g/mol. The van der Waals surface area contributed by atoms with Crippen LogP contribution in [0.2, 0.25) is 0 Å². The summed E-state index contributed by atoms with van der Waals surface area (Å²) >= 11 is 0. The fourth-order valence-corrected chi connectivity index (χ4v) is 1.45. The lowest BCUT2D eigenvalue weighted by Gasteiger charge is -2.25. The molecule has 94 valence electrons. The van der Waals surface area contributed by atoms with Gasteiger partial charge < -0.3 is 19.5 Å². The number of hydrogen-bond donors (Lipinski definition) is 1. The van der Waals surface area contributed by atoms with E-state index in [2.05, 4.69) is 0 Å². The maximum atomic E-state index is 10.9. The number of ether oxygens (including phenoxy) is 2. The number of hydrogen-bond acceptors (Lipinski definition) is 4. The van der Waals surface area contributed by atoms with Gasteiger partial charge in [0.05, 0.1) is 19.9 Å². The Bertz CT molecular complexity index is 405. The molecule has 5 heteroatoms. The maximum absolute atomic E-state index is 10.9. The molecule has 17 heavy (non-hydrogen) atoms. The van der Waals surface area contributed by atoms with Crippen molar-refractivity contribution in [3.8, 4) is 11.5 Å². The van der Waals surface area contributed by atoms with E-state index in [1.807, 2.05) is 0 Å². The van der Waals surface area contributed by atoms with Gasteiger partial charge in [0.15, 0.2) is 0 Å². The van der Waals surface area contributed by atoms with Crippen molar-refractivity contribution < 1.29 is 19.4 Å². The summed E-state index contributed by atoms with van der Waals surface area (Å²) in [5.74, 6) is 0.368. The number of methoxy groups -OCH3 is 2. The van der Waals surface area contributed by atoms with Crippen LogP contribution >= 0.6 is 0 Å². The molecule has 0 aliphatic heterocycles. The standard InChI is InChI=1S/C12H17NO4/c1-8(12(14)15)13(2)10-6-5-9(16-3)7-11(10)17-4/h5-8H,1-4H3,(H,14,15). The van der Waals surface area contributed by atoms with Crippen LogP contribution in [0.1, 0.15) is 6.92 Å². The summed E-state index contributed by atoms with van der Waals surface area (Å²) in [6.07, 6.45) is 0. The minimum atomic E-state index is -0.884. The Balaban J connectivity index is 3.08. The molecule has 0 aromatic heterocycles. The summed E-state index contributed by atoms with van der Waals surface area (Å²) in [5.41, 5.74) is 0.711. The lowest BCUT2D eigenvalue weighted by molar-refractivity contribution is -0.138. The largest absolute Gasteiger partial charge is 0.497 e. The molecular formula is C12H17NO4. The van der Waals surface area contributed by atoms with E-state index >= 15 is 0 Å². The molecular weight excluding hydrogens is 222 g/mol. The van der Waals surface area contributed by atoms with Gasteiger partial charge in [0.2, 0.25) is 0 Å². The minimum absolute atomic E-state index is 0.583. The van der Waals surface area contributed by atoms with Gasteiger partial charge in [0.1, 0.15) is 17.5 Å². The van der Waals surface area contributed by atoms with Crippen molar-refractivity contribution in [1.82, 2.24) is 0 Å². The summed E-state index contributed by atoms with van der Waals surface area (Å²) in [7, 11) is 4.82. The summed E-state index contributed by atoms with van der Waals surface area (Å²) in [6, 6.07) is 4.64. The van der Waals surface area contributed by atoms with Gasteiger partial charge in [-0.1, -0.05) is 0 Å². The van der Waals surface area contributed by atoms with Gasteiger partial charge in [-0.3, -0.25) is 0 Å². The Morgan fingerprint density at radius 2 is 2.00 bits per heavy atom. The van der Waals surface area contributed by atoms with E-state index in [9.17, 15) is 4.79 Å². The van der Waals surface area contributed by atoms with E-state index in [0.29, 0.717) is 17.2 Å². The van der Waals surface area contributed by atoms with Gasteiger partial charge in [-0.05, 0) is 19.1 Å². The first-order valence-electron chi connectivity index (χ1n) is 5.19. The summed E-state index contributed by atoms with van der Waals surface area (Å²) < 4.78 is 10.3. The normalized spacial score (nSPS) is 11.8. The molecule has 0 aliphatic rings. The SMILES string of the molecule is COc1ccc(N(C)C(C)C(=O)O)c(OC)c1. The molecule has 0 bridgehead atoms. The Labute approximate surface area is 101 Å². The van der Waals surface area contributed by atoms with Gasteiger partial charge >= 0.3 is 5.97 Å². The van der Waals surface area contributed by atoms with Gasteiger partial charge in [0.25, 0.3) is 0 Å². The Morgan fingerprint density at radius 3 is 2.47 bits per heavy atom. The smallest absolute Gasteiger partial charge is 0.326 e. The van der Waals surface area contributed by atoms with Crippen molar-refractivity contribution in [3.05, 3.63) is 18.2 Å². The zero-order valence-corrected chi connectivity index (χ0v) is 10.4. The van der Waals surface area contributed by atoms with Gasteiger partial charge in [-0.2, -0.15) is 0 Å². The van der Waals surface area contributed by atoms with Gasteiger partial charge in [-0.25, -0.2) is 4.79 Å². The molecule has 0 saturated heterocycles. The van der Waals surface area contributed by atoms with Crippen molar-refractivity contribution in [2.75, 3.05) is 26.2 Å². The zero-order valence-electron chi connectivity index (χ0n) is 10.4. The lowest BCUT2D eigenvalue weighted by atomic mass is 10.2. The zero-order chi connectivity index (χ0) is 13.0. The molecule has 0 aliphatic carbocycles. The molecule has 5 nitrogen and oxygen atoms in total. The Hall–Kier alpha value is -1.91. The van der Waals surface area contributed by atoms with Crippen LogP contribution in [0.5, 0.6) is 11.5 Å². The highest BCUT2D eigenvalue weighted by atomic mass is 16.5. The van der Waals surface area contributed by atoms with E-state index in [-0.39, 0.29) is 0 Å². The van der Waals surface area contributed by atoms with Crippen molar-refractivity contribution in [3.63, 3.8) is 0 Å². The number of carboxylic acid groups (broad SMARTS) is 1. The predicted octanol–water partition coefficient (Wildman–Crippen LogP) is 1.61. The second kappa shape index (κ2) is 5.43. The fourth-order valence-electron chi connectivity index (χ4n) is 1.45. The predicted molar refractivity (Wildman–Crippen MR) is 65.0 cm³/mol. The highest BCUT2D eigenvalue weighted by Crippen LogP contribution is 2.32. The molecule has 0 amide bonds. The molecule has 0 heterocycles. The third-order valence-corrected chi connectivity index (χ3v) is 2.71. The molecule has 1 rings (SSSR count). The summed E-state index contributed by atoms with van der Waals surface area (Å²) in [6.45, 7) is 1.62. The van der Waals surface area contributed by atoms with Crippen LogP contribution in [0.25, 0.3) is 0 Å². The molecule has 1 atom stereocenters. The van der Waals surface area contributed by atoms with Crippen LogP contribution < -0.4 is 14.4 Å². The highest BCUT2D eigenvalue weighted by molar-refractivity contribution is 5.78. The highest BCUT2D eigenvalue weighted by Gasteiger charge is 2.20. The summed E-state index contributed by atoms with van der Waals surface area (Å²) in [5, 5.41) is 8.97. The average Bonchev–Trinajstić information content (AvgIpc) is 2.35. The van der Waals surface area contributed by atoms with Crippen molar-refractivity contribution in [2.24, 2.45) is 0 Å². The fraction of sp³-hybridized carbons (Fsp3) is 0.417. The first kappa shape index (κ1) is 13.2. The monoisotopic (exact) mass is 239 g/mol. The molecule has 1 aromatic carbocycles. The third kappa shape index (κ3) is 2.81. The lowest BCUT2D eigenvalue weighted by Crippen LogP contribution is -2.35. The number of aliphatic carboxylic acids is 1. The van der Waals surface area contributed by atoms with E-state index in [4.69, 9.17) is 14.6 Å². The van der Waals surface area contributed by atoms with Crippen LogP contribution in [0.3, 0.4) is 0 Å². The second-order valence-electron chi connectivity index (χ2n) is 3.66. The quantitative estimate of drug-likeness (QED) is 0.846. The number of nitrogens with zero attached hydrogens (tertiary/aromatic N) is 1. The first-order chi connectivity index (χ1) is 8.01. The van der Waals surface area contributed by atoms with Crippen LogP contribution in [-0.2, 0) is 4.79 Å². The number of carboxylic acids is 1. The van der Waals surface area contributed by atoms with Crippen molar-refractivity contribution in [1.29, 1.82) is 0 Å². The number of anilines is 1. The number of benzene rings is 1. The number of rotatable bonds is 5. The topological polar surface area (TPSA) is 59.0 Å². The third-order valence-electron chi connectivity index (χ3n) is 2.71. The molecule has 0 saturated carbocycles. The van der Waals surface area contributed by atoms with E-state index in [0.717, 1.165) is 0 Å². The minimum Gasteiger partial charge on any atom is -0.497 e. The van der Waals surface area contributed by atoms with E-state index in [1.165, 1.54) is 7.11 Å². The van der Waals surface area contributed by atoms with Crippen LogP contribution in [-0.4, -0.2) is 38.4 Å². The van der Waals surface area contributed by atoms with Crippen LogP contribution in [0.15, 0.2) is 18.2 Å². The molecule has 0 spiro atoms. The number of carbonyl (C=O) groups is 1. The molecule has 1 N–H and O–H groups in total. The maximum Gasteiger partial charge on any atom is 0.326 e.